The summed E-state index contributed by atoms with van der Waals surface area (Å²) in [5.74, 6) is 0.922. The summed E-state index contributed by atoms with van der Waals surface area (Å²) >= 11 is 3.26. The van der Waals surface area contributed by atoms with Crippen LogP contribution in [0.3, 0.4) is 0 Å². The van der Waals surface area contributed by atoms with E-state index in [4.69, 9.17) is 9.52 Å². The van der Waals surface area contributed by atoms with Crippen LogP contribution in [0.25, 0.3) is 0 Å². The molecule has 14 heavy (non-hydrogen) atoms. The lowest BCUT2D eigenvalue weighted by Gasteiger charge is -2.11. The molecule has 1 aromatic heterocycles. The number of hydrogen-bond donors (Lipinski definition) is 2. The molecule has 2 rings (SSSR count). The fourth-order valence-electron chi connectivity index (χ4n) is 1.47. The van der Waals surface area contributed by atoms with Gasteiger partial charge in [0.1, 0.15) is 5.76 Å². The number of rotatable bonds is 5. The molecule has 0 spiro atoms. The van der Waals surface area contributed by atoms with Crippen molar-refractivity contribution in [1.82, 2.24) is 5.32 Å². The van der Waals surface area contributed by atoms with Crippen molar-refractivity contribution in [2.24, 2.45) is 5.41 Å². The van der Waals surface area contributed by atoms with Gasteiger partial charge in [0.05, 0.1) is 6.54 Å². The largest absolute Gasteiger partial charge is 0.453 e. The van der Waals surface area contributed by atoms with Crippen molar-refractivity contribution in [1.29, 1.82) is 0 Å². The predicted molar refractivity (Wildman–Crippen MR) is 56.9 cm³/mol. The molecular weight excluding hydrogens is 246 g/mol. The van der Waals surface area contributed by atoms with Crippen molar-refractivity contribution in [3.63, 3.8) is 0 Å². The SMILES string of the molecule is OCC1(CNCc2ccc(Br)o2)CC1. The average molecular weight is 260 g/mol. The maximum absolute atomic E-state index is 9.09. The van der Waals surface area contributed by atoms with Crippen molar-refractivity contribution < 1.29 is 9.52 Å². The molecule has 0 aliphatic heterocycles. The molecule has 0 atom stereocenters. The summed E-state index contributed by atoms with van der Waals surface area (Å²) in [6.07, 6.45) is 2.27. The minimum absolute atomic E-state index is 0.170. The monoisotopic (exact) mass is 259 g/mol. The van der Waals surface area contributed by atoms with Gasteiger partial charge in [-0.1, -0.05) is 0 Å². The predicted octanol–water partition coefficient (Wildman–Crippen LogP) is 1.90. The molecule has 0 aromatic carbocycles. The van der Waals surface area contributed by atoms with Crippen molar-refractivity contribution in [2.45, 2.75) is 19.4 Å². The fourth-order valence-corrected chi connectivity index (χ4v) is 1.81. The summed E-state index contributed by atoms with van der Waals surface area (Å²) in [5, 5.41) is 12.4. The summed E-state index contributed by atoms with van der Waals surface area (Å²) in [5.41, 5.74) is 0.170. The van der Waals surface area contributed by atoms with Crippen molar-refractivity contribution in [3.8, 4) is 0 Å². The Morgan fingerprint density at radius 3 is 2.79 bits per heavy atom. The fraction of sp³-hybridized carbons (Fsp3) is 0.600. The Morgan fingerprint density at radius 2 is 2.29 bits per heavy atom. The van der Waals surface area contributed by atoms with E-state index in [1.165, 1.54) is 0 Å². The van der Waals surface area contributed by atoms with Gasteiger partial charge in [0, 0.05) is 18.6 Å². The Kier molecular flexibility index (Phi) is 2.95. The number of halogens is 1. The lowest BCUT2D eigenvalue weighted by Crippen LogP contribution is -2.25. The molecule has 1 saturated carbocycles. The van der Waals surface area contributed by atoms with Gasteiger partial charge in [0.25, 0.3) is 0 Å². The zero-order valence-electron chi connectivity index (χ0n) is 7.92. The van der Waals surface area contributed by atoms with Crippen LogP contribution in [0, 0.1) is 5.41 Å². The van der Waals surface area contributed by atoms with Gasteiger partial charge in [-0.25, -0.2) is 0 Å². The molecule has 0 bridgehead atoms. The summed E-state index contributed by atoms with van der Waals surface area (Å²) < 4.78 is 6.11. The Hall–Kier alpha value is -0.320. The lowest BCUT2D eigenvalue weighted by molar-refractivity contribution is 0.206. The Balaban J connectivity index is 1.73. The number of aliphatic hydroxyl groups is 1. The standard InChI is InChI=1S/C10H14BrNO2/c11-9-2-1-8(14-9)5-12-6-10(7-13)3-4-10/h1-2,12-13H,3-7H2. The van der Waals surface area contributed by atoms with Crippen molar-refractivity contribution >= 4 is 15.9 Å². The molecule has 0 unspecified atom stereocenters. The first kappa shape index (κ1) is 10.2. The summed E-state index contributed by atoms with van der Waals surface area (Å²) in [7, 11) is 0. The number of nitrogens with one attached hydrogen (secondary N) is 1. The molecule has 1 heterocycles. The van der Waals surface area contributed by atoms with E-state index in [0.29, 0.717) is 6.61 Å². The van der Waals surface area contributed by atoms with Crippen LogP contribution in [-0.2, 0) is 6.54 Å². The van der Waals surface area contributed by atoms with Gasteiger partial charge >= 0.3 is 0 Å². The quantitative estimate of drug-likeness (QED) is 0.850. The summed E-state index contributed by atoms with van der Waals surface area (Å²) in [6, 6.07) is 3.82. The van der Waals surface area contributed by atoms with Crippen molar-refractivity contribution in [3.05, 3.63) is 22.6 Å². The van der Waals surface area contributed by atoms with Crippen LogP contribution in [0.1, 0.15) is 18.6 Å². The molecule has 1 aliphatic rings. The van der Waals surface area contributed by atoms with E-state index in [1.807, 2.05) is 12.1 Å². The van der Waals surface area contributed by atoms with Gasteiger partial charge < -0.3 is 14.8 Å². The van der Waals surface area contributed by atoms with Gasteiger partial charge in [-0.15, -0.1) is 0 Å². The Morgan fingerprint density at radius 1 is 1.50 bits per heavy atom. The van der Waals surface area contributed by atoms with E-state index in [2.05, 4.69) is 21.2 Å². The van der Waals surface area contributed by atoms with E-state index >= 15 is 0 Å². The van der Waals surface area contributed by atoms with Gasteiger partial charge in [0.15, 0.2) is 4.67 Å². The van der Waals surface area contributed by atoms with Crippen LogP contribution in [-0.4, -0.2) is 18.3 Å². The molecule has 0 saturated heterocycles. The highest BCUT2D eigenvalue weighted by Crippen LogP contribution is 2.44. The third-order valence-corrected chi connectivity index (χ3v) is 3.15. The van der Waals surface area contributed by atoms with Gasteiger partial charge in [-0.05, 0) is 40.9 Å². The molecule has 2 N–H and O–H groups in total. The number of furan rings is 1. The minimum Gasteiger partial charge on any atom is -0.453 e. The van der Waals surface area contributed by atoms with Crippen LogP contribution in [0.4, 0.5) is 0 Å². The molecule has 1 fully saturated rings. The van der Waals surface area contributed by atoms with Gasteiger partial charge in [-0.2, -0.15) is 0 Å². The van der Waals surface area contributed by atoms with Crippen LogP contribution >= 0.6 is 15.9 Å². The second kappa shape index (κ2) is 4.04. The number of hydrogen-bond acceptors (Lipinski definition) is 3. The Bertz CT molecular complexity index is 307. The minimum atomic E-state index is 0.170. The molecule has 0 amide bonds. The van der Waals surface area contributed by atoms with E-state index in [9.17, 15) is 0 Å². The number of aliphatic hydroxyl groups excluding tert-OH is 1. The molecule has 78 valence electrons. The maximum atomic E-state index is 9.09. The van der Waals surface area contributed by atoms with Crippen molar-refractivity contribution in [2.75, 3.05) is 13.2 Å². The van der Waals surface area contributed by atoms with E-state index < -0.39 is 0 Å². The van der Waals surface area contributed by atoms with E-state index in [-0.39, 0.29) is 5.41 Å². The third kappa shape index (κ3) is 2.38. The van der Waals surface area contributed by atoms with Crippen LogP contribution in [0.15, 0.2) is 21.2 Å². The Labute approximate surface area is 91.6 Å². The first-order valence-electron chi connectivity index (χ1n) is 4.80. The summed E-state index contributed by atoms with van der Waals surface area (Å²) in [4.78, 5) is 0. The van der Waals surface area contributed by atoms with E-state index in [1.54, 1.807) is 0 Å². The molecule has 3 nitrogen and oxygen atoms in total. The van der Waals surface area contributed by atoms with Gasteiger partial charge in [0.2, 0.25) is 0 Å². The molecule has 0 radical (unpaired) electrons. The van der Waals surface area contributed by atoms with Crippen LogP contribution < -0.4 is 5.32 Å². The highest BCUT2D eigenvalue weighted by Gasteiger charge is 2.41. The first-order valence-corrected chi connectivity index (χ1v) is 5.59. The average Bonchev–Trinajstić information content (AvgIpc) is 2.84. The van der Waals surface area contributed by atoms with Crippen LogP contribution in [0.5, 0.6) is 0 Å². The summed E-state index contributed by atoms with van der Waals surface area (Å²) in [6.45, 7) is 1.90. The van der Waals surface area contributed by atoms with Gasteiger partial charge in [-0.3, -0.25) is 0 Å². The lowest BCUT2D eigenvalue weighted by atomic mass is 10.1. The second-order valence-corrected chi connectivity index (χ2v) is 4.75. The molecular formula is C10H14BrNO2. The molecule has 1 aliphatic carbocycles. The molecule has 1 aromatic rings. The normalized spacial score (nSPS) is 18.4. The zero-order valence-corrected chi connectivity index (χ0v) is 9.51. The van der Waals surface area contributed by atoms with E-state index in [0.717, 1.165) is 36.4 Å². The smallest absolute Gasteiger partial charge is 0.169 e. The molecule has 4 heteroatoms. The first-order chi connectivity index (χ1) is 6.74. The second-order valence-electron chi connectivity index (χ2n) is 3.97. The maximum Gasteiger partial charge on any atom is 0.169 e. The zero-order chi connectivity index (χ0) is 10.0. The third-order valence-electron chi connectivity index (χ3n) is 2.72. The topological polar surface area (TPSA) is 45.4 Å². The highest BCUT2D eigenvalue weighted by molar-refractivity contribution is 9.10. The highest BCUT2D eigenvalue weighted by atomic mass is 79.9. The van der Waals surface area contributed by atoms with Crippen LogP contribution in [0.2, 0.25) is 0 Å².